The van der Waals surface area contributed by atoms with Crippen molar-refractivity contribution in [2.45, 2.75) is 13.8 Å². The van der Waals surface area contributed by atoms with Crippen LogP contribution in [-0.4, -0.2) is 14.3 Å². The van der Waals surface area contributed by atoms with E-state index in [4.69, 9.17) is 0 Å². The van der Waals surface area contributed by atoms with E-state index in [1.165, 1.54) is 21.5 Å². The van der Waals surface area contributed by atoms with Gasteiger partial charge in [0.05, 0.1) is 0 Å². The van der Waals surface area contributed by atoms with E-state index in [1.807, 2.05) is 13.8 Å². The van der Waals surface area contributed by atoms with E-state index in [-0.39, 0.29) is 5.69 Å². The highest BCUT2D eigenvalue weighted by Crippen LogP contribution is 1.92. The first-order valence-corrected chi connectivity index (χ1v) is 4.11. The fraction of sp³-hybridized carbons (Fsp3) is 0.333. The molecule has 0 saturated carbocycles. The highest BCUT2D eigenvalue weighted by atomic mass is 16.2. The summed E-state index contributed by atoms with van der Waals surface area (Å²) in [4.78, 5) is 11.1. The summed E-state index contributed by atoms with van der Waals surface area (Å²) in [6.45, 7) is 11.0. The largest absolute Gasteiger partial charge is 0.350 e. The standard InChI is InChI=1S/C7H9N3O.C2H6/c1-4-6-8-9(3)7(11)10(6)5-2;1-2/h4-5H,1-2H2,3H3;1-2H3. The lowest BCUT2D eigenvalue weighted by Crippen LogP contribution is -2.19. The van der Waals surface area contributed by atoms with Crippen LogP contribution in [0.25, 0.3) is 12.3 Å². The van der Waals surface area contributed by atoms with Crippen LogP contribution in [-0.2, 0) is 7.05 Å². The number of aromatic nitrogens is 3. The van der Waals surface area contributed by atoms with E-state index in [9.17, 15) is 4.79 Å². The lowest BCUT2D eigenvalue weighted by atomic mass is 10.6. The first-order chi connectivity index (χ1) is 6.20. The summed E-state index contributed by atoms with van der Waals surface area (Å²) in [5, 5.41) is 3.88. The molecule has 0 aliphatic rings. The predicted molar refractivity (Wildman–Crippen MR) is 55.3 cm³/mol. The highest BCUT2D eigenvalue weighted by molar-refractivity contribution is 5.40. The summed E-state index contributed by atoms with van der Waals surface area (Å²) < 4.78 is 2.56. The summed E-state index contributed by atoms with van der Waals surface area (Å²) in [6, 6.07) is 0. The van der Waals surface area contributed by atoms with E-state index >= 15 is 0 Å². The van der Waals surface area contributed by atoms with E-state index in [1.54, 1.807) is 7.05 Å². The van der Waals surface area contributed by atoms with Crippen molar-refractivity contribution >= 4 is 12.3 Å². The molecule has 0 aliphatic heterocycles. The molecule has 0 spiro atoms. The zero-order valence-electron chi connectivity index (χ0n) is 8.32. The monoisotopic (exact) mass is 181 g/mol. The Morgan fingerprint density at radius 2 is 1.92 bits per heavy atom. The number of nitrogens with zero attached hydrogens (tertiary/aromatic N) is 3. The maximum absolute atomic E-state index is 11.1. The molecule has 4 nitrogen and oxygen atoms in total. The van der Waals surface area contributed by atoms with E-state index in [2.05, 4.69) is 18.3 Å². The third-order valence-corrected chi connectivity index (χ3v) is 1.35. The zero-order valence-corrected chi connectivity index (χ0v) is 8.32. The molecule has 72 valence electrons. The number of hydrogen-bond donors (Lipinski definition) is 0. The fourth-order valence-corrected chi connectivity index (χ4v) is 0.809. The SMILES string of the molecule is C=Cc1nn(C)c(=O)n1C=C.CC. The van der Waals surface area contributed by atoms with Gasteiger partial charge in [-0.1, -0.05) is 27.0 Å². The number of hydrogen-bond acceptors (Lipinski definition) is 2. The smallest absolute Gasteiger partial charge is 0.251 e. The molecule has 0 bridgehead atoms. The molecule has 0 aromatic carbocycles. The quantitative estimate of drug-likeness (QED) is 0.691. The van der Waals surface area contributed by atoms with E-state index in [0.29, 0.717) is 5.82 Å². The molecule has 0 unspecified atom stereocenters. The summed E-state index contributed by atoms with van der Waals surface area (Å²) >= 11 is 0. The molecule has 1 rings (SSSR count). The lowest BCUT2D eigenvalue weighted by Gasteiger charge is -1.88. The molecule has 0 radical (unpaired) electrons. The third kappa shape index (κ3) is 2.18. The van der Waals surface area contributed by atoms with Gasteiger partial charge in [-0.2, -0.15) is 5.10 Å². The normalized spacial score (nSPS) is 8.54. The number of rotatable bonds is 2. The van der Waals surface area contributed by atoms with E-state index in [0.717, 1.165) is 0 Å². The lowest BCUT2D eigenvalue weighted by molar-refractivity contribution is 0.728. The highest BCUT2D eigenvalue weighted by Gasteiger charge is 2.03. The van der Waals surface area contributed by atoms with Crippen LogP contribution in [0, 0.1) is 0 Å². The minimum atomic E-state index is -0.213. The molecule has 0 atom stereocenters. The van der Waals surface area contributed by atoms with Gasteiger partial charge in [0, 0.05) is 13.2 Å². The predicted octanol–water partition coefficient (Wildman–Crippen LogP) is 1.35. The molecule has 0 saturated heterocycles. The van der Waals surface area contributed by atoms with Crippen molar-refractivity contribution in [3.63, 3.8) is 0 Å². The summed E-state index contributed by atoms with van der Waals surface area (Å²) in [6.07, 6.45) is 2.91. The van der Waals surface area contributed by atoms with E-state index < -0.39 is 0 Å². The van der Waals surface area contributed by atoms with Crippen LogP contribution >= 0.6 is 0 Å². The van der Waals surface area contributed by atoms with Gasteiger partial charge in [0.1, 0.15) is 0 Å². The second-order valence-electron chi connectivity index (χ2n) is 2.02. The maximum atomic E-state index is 11.1. The van der Waals surface area contributed by atoms with Gasteiger partial charge in [0.25, 0.3) is 0 Å². The molecule has 0 aliphatic carbocycles. The van der Waals surface area contributed by atoms with Gasteiger partial charge < -0.3 is 0 Å². The molecular weight excluding hydrogens is 166 g/mol. The molecule has 1 heterocycles. The topological polar surface area (TPSA) is 39.8 Å². The van der Waals surface area contributed by atoms with Crippen LogP contribution in [0.4, 0.5) is 0 Å². The molecular formula is C9H15N3O. The Labute approximate surface area is 77.8 Å². The maximum Gasteiger partial charge on any atom is 0.350 e. The minimum Gasteiger partial charge on any atom is -0.251 e. The molecule has 4 heteroatoms. The average Bonchev–Trinajstić information content (AvgIpc) is 2.46. The van der Waals surface area contributed by atoms with Gasteiger partial charge in [0.15, 0.2) is 5.82 Å². The Hall–Kier alpha value is -1.58. The van der Waals surface area contributed by atoms with Crippen LogP contribution in [0.15, 0.2) is 18.0 Å². The second-order valence-corrected chi connectivity index (χ2v) is 2.02. The zero-order chi connectivity index (χ0) is 10.4. The van der Waals surface area contributed by atoms with Crippen molar-refractivity contribution in [1.82, 2.24) is 14.3 Å². The van der Waals surface area contributed by atoms with Crippen LogP contribution in [0.3, 0.4) is 0 Å². The van der Waals surface area contributed by atoms with Crippen molar-refractivity contribution in [3.05, 3.63) is 29.5 Å². The Morgan fingerprint density at radius 3 is 2.23 bits per heavy atom. The van der Waals surface area contributed by atoms with Crippen molar-refractivity contribution in [3.8, 4) is 0 Å². The van der Waals surface area contributed by atoms with Crippen LogP contribution in [0.5, 0.6) is 0 Å². The summed E-state index contributed by atoms with van der Waals surface area (Å²) in [7, 11) is 1.58. The Balaban J connectivity index is 0.000000671. The minimum absolute atomic E-state index is 0.213. The number of aryl methyl sites for hydroxylation is 1. The van der Waals surface area contributed by atoms with Crippen LogP contribution in [0.1, 0.15) is 19.7 Å². The van der Waals surface area contributed by atoms with Gasteiger partial charge in [0.2, 0.25) is 0 Å². The first-order valence-electron chi connectivity index (χ1n) is 4.11. The van der Waals surface area contributed by atoms with Crippen LogP contribution in [0.2, 0.25) is 0 Å². The van der Waals surface area contributed by atoms with Gasteiger partial charge in [-0.3, -0.25) is 4.57 Å². The van der Waals surface area contributed by atoms with Gasteiger partial charge >= 0.3 is 5.69 Å². The van der Waals surface area contributed by atoms with Gasteiger partial charge in [-0.05, 0) is 6.08 Å². The van der Waals surface area contributed by atoms with Crippen molar-refractivity contribution in [2.75, 3.05) is 0 Å². The van der Waals surface area contributed by atoms with Crippen molar-refractivity contribution in [2.24, 2.45) is 7.05 Å². The third-order valence-electron chi connectivity index (χ3n) is 1.35. The second kappa shape index (κ2) is 5.13. The van der Waals surface area contributed by atoms with Gasteiger partial charge in [-0.15, -0.1) is 0 Å². The van der Waals surface area contributed by atoms with Crippen molar-refractivity contribution < 1.29 is 0 Å². The van der Waals surface area contributed by atoms with Crippen molar-refractivity contribution in [1.29, 1.82) is 0 Å². The molecule has 0 fully saturated rings. The average molecular weight is 181 g/mol. The molecule has 0 N–H and O–H groups in total. The molecule has 1 aromatic heterocycles. The Kier molecular flexibility index (Phi) is 4.51. The summed E-state index contributed by atoms with van der Waals surface area (Å²) in [5.41, 5.74) is -0.213. The first kappa shape index (κ1) is 11.4. The Bertz CT molecular complexity index is 346. The molecule has 1 aromatic rings. The van der Waals surface area contributed by atoms with Crippen LogP contribution < -0.4 is 5.69 Å². The molecule has 0 amide bonds. The Morgan fingerprint density at radius 1 is 1.38 bits per heavy atom. The van der Waals surface area contributed by atoms with Gasteiger partial charge in [-0.25, -0.2) is 9.48 Å². The summed E-state index contributed by atoms with van der Waals surface area (Å²) in [5.74, 6) is 0.507. The molecule has 13 heavy (non-hydrogen) atoms. The fourth-order valence-electron chi connectivity index (χ4n) is 0.809.